The van der Waals surface area contributed by atoms with Crippen LogP contribution in [0.25, 0.3) is 0 Å². The van der Waals surface area contributed by atoms with E-state index in [0.29, 0.717) is 25.0 Å². The molecule has 0 aliphatic heterocycles. The Labute approximate surface area is 122 Å². The van der Waals surface area contributed by atoms with E-state index in [4.69, 9.17) is 5.73 Å². The molecule has 0 amide bonds. The van der Waals surface area contributed by atoms with Gasteiger partial charge in [0.15, 0.2) is 5.96 Å². The summed E-state index contributed by atoms with van der Waals surface area (Å²) < 4.78 is 0. The minimum Gasteiger partial charge on any atom is -0.380 e. The van der Waals surface area contributed by atoms with E-state index in [1.54, 1.807) is 0 Å². The molecular weight excluding hydrogens is 248 g/mol. The Morgan fingerprint density at radius 3 is 2.50 bits per heavy atom. The second kappa shape index (κ2) is 8.25. The molecule has 1 atom stereocenters. The highest BCUT2D eigenvalue weighted by atomic mass is 15.1. The van der Waals surface area contributed by atoms with Gasteiger partial charge in [-0.15, -0.1) is 0 Å². The van der Waals surface area contributed by atoms with Crippen LogP contribution in [0.5, 0.6) is 0 Å². The van der Waals surface area contributed by atoms with E-state index in [9.17, 15) is 0 Å². The molecule has 20 heavy (non-hydrogen) atoms. The summed E-state index contributed by atoms with van der Waals surface area (Å²) in [5.74, 6) is 0.932. The fourth-order valence-electron chi connectivity index (χ4n) is 1.67. The third-order valence-electron chi connectivity index (χ3n) is 2.96. The molecule has 0 aliphatic carbocycles. The van der Waals surface area contributed by atoms with Crippen molar-refractivity contribution in [2.75, 3.05) is 18.4 Å². The molecule has 0 aliphatic rings. The lowest BCUT2D eigenvalue weighted by Gasteiger charge is -2.22. The molecule has 4 nitrogen and oxygen atoms in total. The Hall–Kier alpha value is -1.97. The van der Waals surface area contributed by atoms with Gasteiger partial charge in [-0.25, -0.2) is 0 Å². The second-order valence-corrected chi connectivity index (χ2v) is 5.40. The zero-order valence-electron chi connectivity index (χ0n) is 12.7. The normalized spacial score (nSPS) is 13.1. The summed E-state index contributed by atoms with van der Waals surface area (Å²) in [6.07, 6.45) is 0. The molecule has 110 valence electrons. The van der Waals surface area contributed by atoms with E-state index < -0.39 is 0 Å². The van der Waals surface area contributed by atoms with Gasteiger partial charge in [0.05, 0.1) is 6.54 Å². The molecular formula is C16H26N4. The molecule has 4 N–H and O–H groups in total. The van der Waals surface area contributed by atoms with Crippen LogP contribution in [0.15, 0.2) is 47.5 Å². The van der Waals surface area contributed by atoms with E-state index in [1.165, 1.54) is 0 Å². The van der Waals surface area contributed by atoms with E-state index in [0.717, 1.165) is 11.3 Å². The van der Waals surface area contributed by atoms with Crippen molar-refractivity contribution in [3.8, 4) is 0 Å². The molecule has 1 unspecified atom stereocenters. The SMILES string of the molecule is C=C(C)CNC(N)=NCC(Nc1ccccc1)C(C)C. The van der Waals surface area contributed by atoms with Crippen molar-refractivity contribution >= 4 is 11.6 Å². The van der Waals surface area contributed by atoms with E-state index in [1.807, 2.05) is 25.1 Å². The number of nitrogens with two attached hydrogens (primary N) is 1. The molecule has 0 saturated carbocycles. The van der Waals surface area contributed by atoms with Crippen LogP contribution in [-0.2, 0) is 0 Å². The smallest absolute Gasteiger partial charge is 0.188 e. The van der Waals surface area contributed by atoms with Gasteiger partial charge in [-0.3, -0.25) is 4.99 Å². The summed E-state index contributed by atoms with van der Waals surface area (Å²) >= 11 is 0. The predicted octanol–water partition coefficient (Wildman–Crippen LogP) is 2.60. The third-order valence-corrected chi connectivity index (χ3v) is 2.96. The first-order chi connectivity index (χ1) is 9.49. The standard InChI is InChI=1S/C16H26N4/c1-12(2)10-18-16(17)19-11-15(13(3)4)20-14-8-6-5-7-9-14/h5-9,13,15,20H,1,10-11H2,2-4H3,(H3,17,18,19). The second-order valence-electron chi connectivity index (χ2n) is 5.40. The van der Waals surface area contributed by atoms with Crippen molar-refractivity contribution < 1.29 is 0 Å². The molecule has 0 bridgehead atoms. The number of aliphatic imine (C=N–C) groups is 1. The van der Waals surface area contributed by atoms with Crippen LogP contribution in [0.4, 0.5) is 5.69 Å². The molecule has 0 aromatic heterocycles. The molecule has 0 spiro atoms. The highest BCUT2D eigenvalue weighted by Gasteiger charge is 2.12. The van der Waals surface area contributed by atoms with Gasteiger partial charge in [0.2, 0.25) is 0 Å². The van der Waals surface area contributed by atoms with Crippen molar-refractivity contribution in [3.05, 3.63) is 42.5 Å². The molecule has 0 heterocycles. The molecule has 1 aromatic carbocycles. The predicted molar refractivity (Wildman–Crippen MR) is 88.0 cm³/mol. The molecule has 4 heteroatoms. The highest BCUT2D eigenvalue weighted by molar-refractivity contribution is 5.78. The van der Waals surface area contributed by atoms with Gasteiger partial charge >= 0.3 is 0 Å². The summed E-state index contributed by atoms with van der Waals surface area (Å²) in [6.45, 7) is 11.4. The Bertz CT molecular complexity index is 437. The van der Waals surface area contributed by atoms with E-state index in [2.05, 4.69) is 48.2 Å². The third kappa shape index (κ3) is 6.27. The molecule has 0 fully saturated rings. The molecule has 1 rings (SSSR count). The fourth-order valence-corrected chi connectivity index (χ4v) is 1.67. The quantitative estimate of drug-likeness (QED) is 0.407. The number of hydrogen-bond acceptors (Lipinski definition) is 2. The number of guanidine groups is 1. The minimum absolute atomic E-state index is 0.252. The summed E-state index contributed by atoms with van der Waals surface area (Å²) in [7, 11) is 0. The number of hydrogen-bond donors (Lipinski definition) is 3. The van der Waals surface area contributed by atoms with Crippen LogP contribution in [0.3, 0.4) is 0 Å². The number of nitrogens with zero attached hydrogens (tertiary/aromatic N) is 1. The van der Waals surface area contributed by atoms with Crippen LogP contribution in [0.1, 0.15) is 20.8 Å². The summed E-state index contributed by atoms with van der Waals surface area (Å²) in [5.41, 5.74) is 7.97. The topological polar surface area (TPSA) is 62.4 Å². The highest BCUT2D eigenvalue weighted by Crippen LogP contribution is 2.12. The van der Waals surface area contributed by atoms with Gasteiger partial charge in [0.25, 0.3) is 0 Å². The van der Waals surface area contributed by atoms with Gasteiger partial charge < -0.3 is 16.4 Å². The Morgan fingerprint density at radius 1 is 1.30 bits per heavy atom. The lowest BCUT2D eigenvalue weighted by molar-refractivity contribution is 0.531. The van der Waals surface area contributed by atoms with Crippen LogP contribution >= 0.6 is 0 Å². The Morgan fingerprint density at radius 2 is 1.95 bits per heavy atom. The minimum atomic E-state index is 0.252. The first-order valence-electron chi connectivity index (χ1n) is 6.98. The maximum atomic E-state index is 5.83. The van der Waals surface area contributed by atoms with Crippen LogP contribution in [-0.4, -0.2) is 25.1 Å². The largest absolute Gasteiger partial charge is 0.380 e. The zero-order valence-corrected chi connectivity index (χ0v) is 12.7. The van der Waals surface area contributed by atoms with Gasteiger partial charge in [0, 0.05) is 18.3 Å². The summed E-state index contributed by atoms with van der Waals surface area (Å²) in [4.78, 5) is 4.39. The maximum absolute atomic E-state index is 5.83. The lowest BCUT2D eigenvalue weighted by atomic mass is 10.0. The van der Waals surface area contributed by atoms with Crippen molar-refractivity contribution in [2.45, 2.75) is 26.8 Å². The van der Waals surface area contributed by atoms with Gasteiger partial charge in [-0.1, -0.05) is 44.2 Å². The average molecular weight is 274 g/mol. The van der Waals surface area contributed by atoms with E-state index in [-0.39, 0.29) is 6.04 Å². The molecule has 1 aromatic rings. The summed E-state index contributed by atoms with van der Waals surface area (Å²) in [5, 5.41) is 6.53. The number of nitrogens with one attached hydrogen (secondary N) is 2. The molecule has 0 radical (unpaired) electrons. The Balaban J connectivity index is 2.55. The number of para-hydroxylation sites is 1. The van der Waals surface area contributed by atoms with Crippen molar-refractivity contribution in [1.29, 1.82) is 0 Å². The van der Waals surface area contributed by atoms with Crippen molar-refractivity contribution in [1.82, 2.24) is 5.32 Å². The summed E-state index contributed by atoms with van der Waals surface area (Å²) in [6, 6.07) is 10.4. The monoisotopic (exact) mass is 274 g/mol. The molecule has 0 saturated heterocycles. The van der Waals surface area contributed by atoms with Gasteiger partial charge in [0.1, 0.15) is 0 Å². The average Bonchev–Trinajstić information content (AvgIpc) is 2.42. The first kappa shape index (κ1) is 16.1. The lowest BCUT2D eigenvalue weighted by Crippen LogP contribution is -2.35. The van der Waals surface area contributed by atoms with Crippen LogP contribution < -0.4 is 16.4 Å². The van der Waals surface area contributed by atoms with Gasteiger partial charge in [-0.05, 0) is 25.0 Å². The number of rotatable bonds is 7. The first-order valence-corrected chi connectivity index (χ1v) is 6.98. The van der Waals surface area contributed by atoms with Crippen LogP contribution in [0, 0.1) is 5.92 Å². The van der Waals surface area contributed by atoms with E-state index >= 15 is 0 Å². The van der Waals surface area contributed by atoms with Crippen molar-refractivity contribution in [3.63, 3.8) is 0 Å². The fraction of sp³-hybridized carbons (Fsp3) is 0.438. The zero-order chi connectivity index (χ0) is 15.0. The van der Waals surface area contributed by atoms with Crippen LogP contribution in [0.2, 0.25) is 0 Å². The maximum Gasteiger partial charge on any atom is 0.188 e. The Kier molecular flexibility index (Phi) is 6.64. The van der Waals surface area contributed by atoms with Gasteiger partial charge in [-0.2, -0.15) is 0 Å². The number of anilines is 1. The van der Waals surface area contributed by atoms with Crippen molar-refractivity contribution in [2.24, 2.45) is 16.6 Å². The number of benzene rings is 1.